The fourth-order valence-electron chi connectivity index (χ4n) is 1.56. The molecule has 0 spiro atoms. The van der Waals surface area contributed by atoms with E-state index in [4.69, 9.17) is 4.74 Å². The summed E-state index contributed by atoms with van der Waals surface area (Å²) in [6.45, 7) is -0.672. The SMILES string of the molecule is COCCNCC(=O)Nc1ccc(S(=O)(=O)NCC(F)(F)F)cc1. The molecule has 0 aliphatic heterocycles. The highest BCUT2D eigenvalue weighted by atomic mass is 32.2. The van der Waals surface area contributed by atoms with Crippen molar-refractivity contribution in [3.05, 3.63) is 24.3 Å². The van der Waals surface area contributed by atoms with E-state index in [1.807, 2.05) is 0 Å². The van der Waals surface area contributed by atoms with Crippen LogP contribution in [-0.4, -0.2) is 53.9 Å². The summed E-state index contributed by atoms with van der Waals surface area (Å²) >= 11 is 0. The molecule has 1 rings (SSSR count). The summed E-state index contributed by atoms with van der Waals surface area (Å²) in [5.74, 6) is -0.350. The van der Waals surface area contributed by atoms with Gasteiger partial charge in [0, 0.05) is 19.3 Å². The molecule has 0 saturated carbocycles. The van der Waals surface area contributed by atoms with E-state index in [0.717, 1.165) is 12.1 Å². The second-order valence-electron chi connectivity index (χ2n) is 4.68. The number of carbonyl (C=O) groups is 1. The average molecular weight is 369 g/mol. The van der Waals surface area contributed by atoms with Crippen LogP contribution in [0, 0.1) is 0 Å². The molecule has 24 heavy (non-hydrogen) atoms. The van der Waals surface area contributed by atoms with Crippen LogP contribution in [0.5, 0.6) is 0 Å². The first-order valence-electron chi connectivity index (χ1n) is 6.80. The first-order valence-corrected chi connectivity index (χ1v) is 8.28. The lowest BCUT2D eigenvalue weighted by molar-refractivity contribution is -0.121. The lowest BCUT2D eigenvalue weighted by atomic mass is 10.3. The number of benzene rings is 1. The van der Waals surface area contributed by atoms with Crippen molar-refractivity contribution in [1.82, 2.24) is 10.0 Å². The van der Waals surface area contributed by atoms with Crippen molar-refractivity contribution in [3.8, 4) is 0 Å². The minimum absolute atomic E-state index is 0.0382. The molecule has 1 aromatic rings. The Kier molecular flexibility index (Phi) is 7.60. The topological polar surface area (TPSA) is 96.5 Å². The van der Waals surface area contributed by atoms with Crippen LogP contribution >= 0.6 is 0 Å². The fraction of sp³-hybridized carbons (Fsp3) is 0.462. The number of sulfonamides is 1. The van der Waals surface area contributed by atoms with Gasteiger partial charge < -0.3 is 15.4 Å². The molecule has 0 unspecified atom stereocenters. The molecule has 1 aromatic carbocycles. The van der Waals surface area contributed by atoms with Gasteiger partial charge in [-0.2, -0.15) is 13.2 Å². The maximum absolute atomic E-state index is 12.1. The largest absolute Gasteiger partial charge is 0.402 e. The van der Waals surface area contributed by atoms with Crippen molar-refractivity contribution in [2.75, 3.05) is 38.7 Å². The molecule has 0 heterocycles. The third-order valence-electron chi connectivity index (χ3n) is 2.68. The van der Waals surface area contributed by atoms with Gasteiger partial charge in [-0.1, -0.05) is 0 Å². The molecule has 3 N–H and O–H groups in total. The number of hydrogen-bond acceptors (Lipinski definition) is 5. The van der Waals surface area contributed by atoms with Gasteiger partial charge in [-0.25, -0.2) is 13.1 Å². The van der Waals surface area contributed by atoms with Gasteiger partial charge in [0.25, 0.3) is 0 Å². The summed E-state index contributed by atoms with van der Waals surface area (Å²) in [4.78, 5) is 11.3. The van der Waals surface area contributed by atoms with Gasteiger partial charge in [-0.15, -0.1) is 0 Å². The van der Waals surface area contributed by atoms with E-state index in [9.17, 15) is 26.4 Å². The Balaban J connectivity index is 2.57. The lowest BCUT2D eigenvalue weighted by Gasteiger charge is -2.10. The van der Waals surface area contributed by atoms with Gasteiger partial charge in [0.1, 0.15) is 6.54 Å². The predicted octanol–water partition coefficient (Wildman–Crippen LogP) is 0.702. The molecule has 0 atom stereocenters. The number of methoxy groups -OCH3 is 1. The zero-order chi connectivity index (χ0) is 18.2. The van der Waals surface area contributed by atoms with Gasteiger partial charge in [-0.3, -0.25) is 4.79 Å². The van der Waals surface area contributed by atoms with E-state index in [2.05, 4.69) is 10.6 Å². The van der Waals surface area contributed by atoms with E-state index < -0.39 is 22.7 Å². The average Bonchev–Trinajstić information content (AvgIpc) is 2.50. The molecule has 7 nitrogen and oxygen atoms in total. The van der Waals surface area contributed by atoms with Gasteiger partial charge in [0.2, 0.25) is 15.9 Å². The fourth-order valence-corrected chi connectivity index (χ4v) is 2.57. The highest BCUT2D eigenvalue weighted by molar-refractivity contribution is 7.89. The lowest BCUT2D eigenvalue weighted by Crippen LogP contribution is -2.33. The van der Waals surface area contributed by atoms with Crippen LogP contribution in [0.15, 0.2) is 29.2 Å². The molecule has 11 heteroatoms. The summed E-state index contributed by atoms with van der Waals surface area (Å²) in [5.41, 5.74) is 0.323. The monoisotopic (exact) mass is 369 g/mol. The van der Waals surface area contributed by atoms with Crippen molar-refractivity contribution in [3.63, 3.8) is 0 Å². The second-order valence-corrected chi connectivity index (χ2v) is 6.45. The zero-order valence-corrected chi connectivity index (χ0v) is 13.6. The van der Waals surface area contributed by atoms with Crippen molar-refractivity contribution >= 4 is 21.6 Å². The molecule has 0 aliphatic carbocycles. The van der Waals surface area contributed by atoms with E-state index in [0.29, 0.717) is 18.8 Å². The molecule has 0 radical (unpaired) electrons. The van der Waals surface area contributed by atoms with Crippen LogP contribution < -0.4 is 15.4 Å². The third kappa shape index (κ3) is 7.73. The molecular weight excluding hydrogens is 351 g/mol. The third-order valence-corrected chi connectivity index (χ3v) is 4.10. The Morgan fingerprint density at radius 3 is 2.38 bits per heavy atom. The molecule has 0 aliphatic rings. The smallest absolute Gasteiger partial charge is 0.383 e. The van der Waals surface area contributed by atoms with Crippen molar-refractivity contribution in [1.29, 1.82) is 0 Å². The molecule has 0 saturated heterocycles. The molecular formula is C13H18F3N3O4S. The van der Waals surface area contributed by atoms with Crippen molar-refractivity contribution < 1.29 is 31.1 Å². The summed E-state index contributed by atoms with van der Waals surface area (Å²) in [6, 6.07) is 4.78. The number of anilines is 1. The number of nitrogens with one attached hydrogen (secondary N) is 3. The number of rotatable bonds is 9. The van der Waals surface area contributed by atoms with Crippen molar-refractivity contribution in [2.45, 2.75) is 11.1 Å². The quantitative estimate of drug-likeness (QED) is 0.557. The van der Waals surface area contributed by atoms with Crippen LogP contribution in [0.4, 0.5) is 18.9 Å². The maximum atomic E-state index is 12.1. The Hall–Kier alpha value is -1.69. The van der Waals surface area contributed by atoms with Gasteiger partial charge in [0.05, 0.1) is 18.0 Å². The van der Waals surface area contributed by atoms with Crippen LogP contribution in [0.2, 0.25) is 0 Å². The Morgan fingerprint density at radius 1 is 1.21 bits per heavy atom. The van der Waals surface area contributed by atoms with Crippen LogP contribution in [0.1, 0.15) is 0 Å². The van der Waals surface area contributed by atoms with E-state index in [1.165, 1.54) is 24.0 Å². The van der Waals surface area contributed by atoms with Gasteiger partial charge in [0.15, 0.2) is 0 Å². The standard InChI is InChI=1S/C13H18F3N3O4S/c1-23-7-6-17-8-12(20)19-10-2-4-11(5-3-10)24(21,22)18-9-13(14,15)16/h2-5,17-18H,6-9H2,1H3,(H,19,20). The normalized spacial score (nSPS) is 12.2. The van der Waals surface area contributed by atoms with Crippen LogP contribution in [-0.2, 0) is 19.6 Å². The summed E-state index contributed by atoms with van der Waals surface area (Å²) in [7, 11) is -2.74. The van der Waals surface area contributed by atoms with Crippen LogP contribution in [0.3, 0.4) is 0 Å². The van der Waals surface area contributed by atoms with E-state index in [-0.39, 0.29) is 17.3 Å². The number of alkyl halides is 3. The Morgan fingerprint density at radius 2 is 1.83 bits per heavy atom. The van der Waals surface area contributed by atoms with E-state index >= 15 is 0 Å². The first-order chi connectivity index (χ1) is 11.1. The minimum atomic E-state index is -4.64. The molecule has 0 aromatic heterocycles. The first kappa shape index (κ1) is 20.4. The molecule has 1 amide bonds. The summed E-state index contributed by atoms with van der Waals surface area (Å²) < 4.78 is 65.9. The molecule has 136 valence electrons. The number of ether oxygens (including phenoxy) is 1. The summed E-state index contributed by atoms with van der Waals surface area (Å²) in [5, 5.41) is 5.34. The molecule has 0 fully saturated rings. The Bertz CT molecular complexity index is 633. The highest BCUT2D eigenvalue weighted by Gasteiger charge is 2.30. The number of halogens is 3. The summed E-state index contributed by atoms with van der Waals surface area (Å²) in [6.07, 6.45) is -4.64. The number of amides is 1. The second kappa shape index (κ2) is 8.97. The minimum Gasteiger partial charge on any atom is -0.383 e. The predicted molar refractivity (Wildman–Crippen MR) is 81.1 cm³/mol. The Labute approximate surface area is 137 Å². The van der Waals surface area contributed by atoms with Gasteiger partial charge >= 0.3 is 6.18 Å². The van der Waals surface area contributed by atoms with E-state index in [1.54, 1.807) is 0 Å². The van der Waals surface area contributed by atoms with Gasteiger partial charge in [-0.05, 0) is 24.3 Å². The zero-order valence-electron chi connectivity index (χ0n) is 12.8. The maximum Gasteiger partial charge on any atom is 0.402 e. The number of hydrogen-bond donors (Lipinski definition) is 3. The van der Waals surface area contributed by atoms with Crippen LogP contribution in [0.25, 0.3) is 0 Å². The highest BCUT2D eigenvalue weighted by Crippen LogP contribution is 2.17. The number of carbonyl (C=O) groups excluding carboxylic acids is 1. The molecule has 0 bridgehead atoms. The van der Waals surface area contributed by atoms with Crippen molar-refractivity contribution in [2.24, 2.45) is 0 Å².